The van der Waals surface area contributed by atoms with E-state index >= 15 is 0 Å². The lowest BCUT2D eigenvalue weighted by molar-refractivity contribution is -0.124. The molecule has 2 heterocycles. The van der Waals surface area contributed by atoms with Gasteiger partial charge < -0.3 is 5.32 Å². The van der Waals surface area contributed by atoms with Crippen LogP contribution >= 0.6 is 22.9 Å². The van der Waals surface area contributed by atoms with Gasteiger partial charge in [-0.3, -0.25) is 9.48 Å². The summed E-state index contributed by atoms with van der Waals surface area (Å²) in [4.78, 5) is 13.1. The molecule has 0 aliphatic rings. The lowest BCUT2D eigenvalue weighted by Crippen LogP contribution is -2.32. The fourth-order valence-electron chi connectivity index (χ4n) is 1.60. The van der Waals surface area contributed by atoms with E-state index in [4.69, 9.17) is 11.6 Å². The van der Waals surface area contributed by atoms with Gasteiger partial charge in [-0.05, 0) is 32.0 Å². The maximum atomic E-state index is 12.0. The third-order valence-electron chi connectivity index (χ3n) is 2.68. The largest absolute Gasteiger partial charge is 0.347 e. The molecule has 0 aromatic carbocycles. The maximum absolute atomic E-state index is 12.0. The van der Waals surface area contributed by atoms with Crippen LogP contribution < -0.4 is 5.32 Å². The zero-order valence-electron chi connectivity index (χ0n) is 10.1. The SMILES string of the molecule is C[C@H](NC(=O)[C@@H](C)n1cccn1)c1ccc(Cl)s1. The van der Waals surface area contributed by atoms with Crippen LogP contribution in [0.1, 0.15) is 30.8 Å². The highest BCUT2D eigenvalue weighted by Gasteiger charge is 2.18. The van der Waals surface area contributed by atoms with Crippen molar-refractivity contribution in [1.82, 2.24) is 15.1 Å². The molecule has 1 N–H and O–H groups in total. The molecule has 4 nitrogen and oxygen atoms in total. The molecule has 2 aromatic rings. The second kappa shape index (κ2) is 5.54. The van der Waals surface area contributed by atoms with Crippen molar-refractivity contribution in [3.05, 3.63) is 39.8 Å². The number of rotatable bonds is 4. The fraction of sp³-hybridized carbons (Fsp3) is 0.333. The van der Waals surface area contributed by atoms with Crippen molar-refractivity contribution in [2.24, 2.45) is 0 Å². The molecule has 2 atom stereocenters. The third-order valence-corrected chi connectivity index (χ3v) is 4.09. The Kier molecular flexibility index (Phi) is 4.04. The van der Waals surface area contributed by atoms with Crippen molar-refractivity contribution >= 4 is 28.8 Å². The Labute approximate surface area is 115 Å². The first-order valence-electron chi connectivity index (χ1n) is 5.62. The Morgan fingerprint density at radius 1 is 1.50 bits per heavy atom. The van der Waals surface area contributed by atoms with Crippen molar-refractivity contribution in [3.8, 4) is 0 Å². The van der Waals surface area contributed by atoms with Gasteiger partial charge in [0.05, 0.1) is 10.4 Å². The average Bonchev–Trinajstić information content (AvgIpc) is 2.98. The number of aromatic nitrogens is 2. The summed E-state index contributed by atoms with van der Waals surface area (Å²) in [6.45, 7) is 3.76. The molecule has 18 heavy (non-hydrogen) atoms. The molecule has 0 unspecified atom stereocenters. The first-order chi connectivity index (χ1) is 8.58. The molecule has 1 amide bonds. The molecule has 2 aromatic heterocycles. The van der Waals surface area contributed by atoms with Gasteiger partial charge in [0.15, 0.2) is 0 Å². The van der Waals surface area contributed by atoms with Crippen LogP contribution in [0, 0.1) is 0 Å². The van der Waals surface area contributed by atoms with Gasteiger partial charge >= 0.3 is 0 Å². The summed E-state index contributed by atoms with van der Waals surface area (Å²) in [5.41, 5.74) is 0. The minimum atomic E-state index is -0.321. The van der Waals surface area contributed by atoms with Crippen LogP contribution in [-0.2, 0) is 4.79 Å². The van der Waals surface area contributed by atoms with Gasteiger partial charge in [0.25, 0.3) is 0 Å². The van der Waals surface area contributed by atoms with Crippen molar-refractivity contribution < 1.29 is 4.79 Å². The van der Waals surface area contributed by atoms with Crippen LogP contribution in [0.4, 0.5) is 0 Å². The van der Waals surface area contributed by atoms with Gasteiger partial charge in [-0.15, -0.1) is 11.3 Å². The zero-order valence-corrected chi connectivity index (χ0v) is 11.7. The maximum Gasteiger partial charge on any atom is 0.245 e. The molecule has 0 aliphatic carbocycles. The standard InChI is InChI=1S/C12H14ClN3OS/c1-8(10-4-5-11(13)18-10)15-12(17)9(2)16-7-3-6-14-16/h3-9H,1-2H3,(H,15,17)/t8-,9+/m0/s1. The summed E-state index contributed by atoms with van der Waals surface area (Å²) in [6, 6.07) is 5.19. The highest BCUT2D eigenvalue weighted by atomic mass is 35.5. The number of amides is 1. The number of hydrogen-bond donors (Lipinski definition) is 1. The summed E-state index contributed by atoms with van der Waals surface area (Å²) in [6.07, 6.45) is 3.43. The van der Waals surface area contributed by atoms with Crippen LogP contribution in [0.5, 0.6) is 0 Å². The smallest absolute Gasteiger partial charge is 0.245 e. The quantitative estimate of drug-likeness (QED) is 0.937. The van der Waals surface area contributed by atoms with Crippen LogP contribution in [0.2, 0.25) is 4.34 Å². The molecule has 0 bridgehead atoms. The molecule has 96 valence electrons. The minimum Gasteiger partial charge on any atom is -0.347 e. The summed E-state index contributed by atoms with van der Waals surface area (Å²) in [5.74, 6) is -0.0595. The number of thiophene rings is 1. The molecule has 6 heteroatoms. The predicted molar refractivity (Wildman–Crippen MR) is 72.8 cm³/mol. The lowest BCUT2D eigenvalue weighted by Gasteiger charge is -2.16. The van der Waals surface area contributed by atoms with Crippen LogP contribution in [0.3, 0.4) is 0 Å². The van der Waals surface area contributed by atoms with E-state index < -0.39 is 0 Å². The Balaban J connectivity index is 1.99. The van der Waals surface area contributed by atoms with E-state index in [1.807, 2.05) is 26.0 Å². The number of nitrogens with one attached hydrogen (secondary N) is 1. The van der Waals surface area contributed by atoms with Gasteiger partial charge in [0.1, 0.15) is 6.04 Å². The van der Waals surface area contributed by atoms with Crippen molar-refractivity contribution in [2.75, 3.05) is 0 Å². The van der Waals surface area contributed by atoms with E-state index in [0.29, 0.717) is 0 Å². The molecule has 0 saturated carbocycles. The van der Waals surface area contributed by atoms with Gasteiger partial charge in [-0.2, -0.15) is 5.10 Å². The van der Waals surface area contributed by atoms with Crippen LogP contribution in [0.15, 0.2) is 30.6 Å². The molecule has 0 radical (unpaired) electrons. The molecule has 0 aliphatic heterocycles. The summed E-state index contributed by atoms with van der Waals surface area (Å²) >= 11 is 7.35. The van der Waals surface area contributed by atoms with Crippen molar-refractivity contribution in [1.29, 1.82) is 0 Å². The minimum absolute atomic E-state index is 0.0481. The Hall–Kier alpha value is -1.33. The number of halogens is 1. The highest BCUT2D eigenvalue weighted by molar-refractivity contribution is 7.16. The Morgan fingerprint density at radius 2 is 2.28 bits per heavy atom. The molecular formula is C12H14ClN3OS. The van der Waals surface area contributed by atoms with E-state index in [-0.39, 0.29) is 18.0 Å². The number of nitrogens with zero attached hydrogens (tertiary/aromatic N) is 2. The third kappa shape index (κ3) is 2.91. The van der Waals surface area contributed by atoms with Crippen LogP contribution in [-0.4, -0.2) is 15.7 Å². The van der Waals surface area contributed by atoms with Crippen molar-refractivity contribution in [2.45, 2.75) is 25.9 Å². The molecule has 0 fully saturated rings. The van der Waals surface area contributed by atoms with E-state index in [1.165, 1.54) is 11.3 Å². The average molecular weight is 284 g/mol. The second-order valence-electron chi connectivity index (χ2n) is 4.03. The molecule has 2 rings (SSSR count). The Morgan fingerprint density at radius 3 is 2.83 bits per heavy atom. The number of carbonyl (C=O) groups is 1. The molecule has 0 saturated heterocycles. The number of carbonyl (C=O) groups excluding carboxylic acids is 1. The van der Waals surface area contributed by atoms with E-state index in [0.717, 1.165) is 9.21 Å². The summed E-state index contributed by atoms with van der Waals surface area (Å²) < 4.78 is 2.36. The number of hydrogen-bond acceptors (Lipinski definition) is 3. The van der Waals surface area contributed by atoms with E-state index in [2.05, 4.69) is 10.4 Å². The van der Waals surface area contributed by atoms with E-state index in [1.54, 1.807) is 23.1 Å². The first-order valence-corrected chi connectivity index (χ1v) is 6.82. The van der Waals surface area contributed by atoms with Crippen LogP contribution in [0.25, 0.3) is 0 Å². The molecule has 0 spiro atoms. The fourth-order valence-corrected chi connectivity index (χ4v) is 2.66. The van der Waals surface area contributed by atoms with Gasteiger partial charge in [0.2, 0.25) is 5.91 Å². The summed E-state index contributed by atoms with van der Waals surface area (Å²) in [7, 11) is 0. The van der Waals surface area contributed by atoms with E-state index in [9.17, 15) is 4.79 Å². The summed E-state index contributed by atoms with van der Waals surface area (Å²) in [5, 5.41) is 7.01. The van der Waals surface area contributed by atoms with Gasteiger partial charge in [-0.25, -0.2) is 0 Å². The highest BCUT2D eigenvalue weighted by Crippen LogP contribution is 2.26. The lowest BCUT2D eigenvalue weighted by atomic mass is 10.2. The first kappa shape index (κ1) is 13.1. The van der Waals surface area contributed by atoms with Gasteiger partial charge in [0, 0.05) is 17.3 Å². The normalized spacial score (nSPS) is 14.2. The Bertz CT molecular complexity index is 523. The predicted octanol–water partition coefficient (Wildman–Crippen LogP) is 3.04. The zero-order chi connectivity index (χ0) is 13.1. The second-order valence-corrected chi connectivity index (χ2v) is 5.78. The van der Waals surface area contributed by atoms with Crippen molar-refractivity contribution in [3.63, 3.8) is 0 Å². The topological polar surface area (TPSA) is 46.9 Å². The van der Waals surface area contributed by atoms with Gasteiger partial charge in [-0.1, -0.05) is 11.6 Å². The monoisotopic (exact) mass is 283 g/mol. The molecular weight excluding hydrogens is 270 g/mol.